The minimum atomic E-state index is -1.36. The summed E-state index contributed by atoms with van der Waals surface area (Å²) in [4.78, 5) is 1.52. The normalized spacial score (nSPS) is 58.6. The van der Waals surface area contributed by atoms with E-state index in [2.05, 4.69) is 96.2 Å². The molecule has 0 amide bonds. The van der Waals surface area contributed by atoms with E-state index in [1.807, 2.05) is 0 Å². The summed E-state index contributed by atoms with van der Waals surface area (Å²) >= 11 is 12.7. The van der Waals surface area contributed by atoms with Crippen molar-refractivity contribution in [3.05, 3.63) is 0 Å². The zero-order chi connectivity index (χ0) is 18.3. The van der Waals surface area contributed by atoms with E-state index < -0.39 is 8.07 Å². The Morgan fingerprint density at radius 1 is 0.680 bits per heavy atom. The number of hydrogen-bond acceptors (Lipinski definition) is 2. The van der Waals surface area contributed by atoms with E-state index in [0.29, 0.717) is 0 Å². The highest BCUT2D eigenvalue weighted by Gasteiger charge is 2.64. The van der Waals surface area contributed by atoms with Crippen LogP contribution in [0.4, 0.5) is 0 Å². The van der Waals surface area contributed by atoms with E-state index in [4.69, 9.17) is 0 Å². The molecule has 2 saturated carbocycles. The molecule has 0 aromatic heterocycles. The molecular weight excluding hydrogens is 492 g/mol. The van der Waals surface area contributed by atoms with Crippen LogP contribution in [0, 0.1) is 35.5 Å². The Bertz CT molecular complexity index is 486. The highest BCUT2D eigenvalue weighted by molar-refractivity contribution is 9.09. The Morgan fingerprint density at radius 3 is 1.40 bits per heavy atom. The van der Waals surface area contributed by atoms with Gasteiger partial charge in [-0.25, -0.2) is 0 Å². The third-order valence-electron chi connectivity index (χ3n) is 8.92. The van der Waals surface area contributed by atoms with Gasteiger partial charge in [-0.2, -0.15) is 23.5 Å². The summed E-state index contributed by atoms with van der Waals surface area (Å²) in [5.41, 5.74) is 2.02. The monoisotopic (exact) mass is 524 g/mol. The molecule has 2 aliphatic carbocycles. The van der Waals surface area contributed by atoms with Crippen LogP contribution in [0.25, 0.3) is 0 Å². The van der Waals surface area contributed by atoms with Gasteiger partial charge in [0.25, 0.3) is 0 Å². The predicted molar refractivity (Wildman–Crippen MR) is 127 cm³/mol. The molecule has 4 rings (SSSR count). The van der Waals surface area contributed by atoms with Gasteiger partial charge in [-0.1, -0.05) is 72.6 Å². The first-order valence-corrected chi connectivity index (χ1v) is 17.3. The summed E-state index contributed by atoms with van der Waals surface area (Å²) in [5, 5.41) is 1.87. The Balaban J connectivity index is 1.67. The Kier molecular flexibility index (Phi) is 5.63. The molecule has 0 radical (unpaired) electrons. The molecule has 2 aliphatic heterocycles. The van der Waals surface area contributed by atoms with Gasteiger partial charge in [-0.3, -0.25) is 0 Å². The van der Waals surface area contributed by atoms with Crippen molar-refractivity contribution in [3.8, 4) is 0 Å². The zero-order valence-electron chi connectivity index (χ0n) is 16.4. The minimum Gasteiger partial charge on any atom is -0.157 e. The lowest BCUT2D eigenvalue weighted by Crippen LogP contribution is -2.47. The number of hydrogen-bond donors (Lipinski definition) is 0. The topological polar surface area (TPSA) is 0 Å². The molecule has 0 aromatic rings. The molecule has 0 N–H and O–H groups in total. The minimum absolute atomic E-state index is 0.759. The Hall–Kier alpha value is 1.88. The lowest BCUT2D eigenvalue weighted by atomic mass is 9.91. The fourth-order valence-electron chi connectivity index (χ4n) is 7.58. The van der Waals surface area contributed by atoms with E-state index in [1.54, 1.807) is 0 Å². The summed E-state index contributed by atoms with van der Waals surface area (Å²) in [6, 6.07) is 0. The van der Waals surface area contributed by atoms with Crippen molar-refractivity contribution in [3.63, 3.8) is 0 Å². The van der Waals surface area contributed by atoms with E-state index in [-0.39, 0.29) is 0 Å². The van der Waals surface area contributed by atoms with Crippen molar-refractivity contribution in [1.29, 1.82) is 0 Å². The van der Waals surface area contributed by atoms with Crippen LogP contribution in [0.5, 0.6) is 0 Å². The molecule has 0 aromatic carbocycles. The molecule has 0 spiro atoms. The summed E-state index contributed by atoms with van der Waals surface area (Å²) in [7, 11) is -1.36. The molecule has 144 valence electrons. The summed E-state index contributed by atoms with van der Waals surface area (Å²) in [5.74, 6) is 8.14. The van der Waals surface area contributed by atoms with Crippen LogP contribution in [0.1, 0.15) is 27.7 Å². The quantitative estimate of drug-likeness (QED) is 0.281. The number of fused-ring (bicyclic) bond motifs is 2. The van der Waals surface area contributed by atoms with Crippen molar-refractivity contribution in [2.75, 3.05) is 11.5 Å². The smallest absolute Gasteiger partial charge is 0.0564 e. The second-order valence-corrected chi connectivity index (χ2v) is 19.8. The SMILES string of the molecule is CC1C(C)C([Si](C)(C)C2C(C)C(C)C3C(Br)CSC32)C2SCC(Br)C12. The maximum atomic E-state index is 4.05. The van der Waals surface area contributed by atoms with Crippen LogP contribution >= 0.6 is 55.4 Å². The second kappa shape index (κ2) is 6.99. The molecule has 0 nitrogen and oxygen atoms in total. The highest BCUT2D eigenvalue weighted by Crippen LogP contribution is 2.67. The van der Waals surface area contributed by atoms with Gasteiger partial charge in [0.05, 0.1) is 8.07 Å². The van der Waals surface area contributed by atoms with Crippen LogP contribution in [0.3, 0.4) is 0 Å². The van der Waals surface area contributed by atoms with Gasteiger partial charge in [0, 0.05) is 31.7 Å². The lowest BCUT2D eigenvalue weighted by Gasteiger charge is -2.45. The maximum Gasteiger partial charge on any atom is 0.0564 e. The van der Waals surface area contributed by atoms with Crippen LogP contribution in [-0.2, 0) is 0 Å². The number of halogens is 2. The summed E-state index contributed by atoms with van der Waals surface area (Å²) in [6.45, 7) is 15.9. The van der Waals surface area contributed by atoms with Crippen LogP contribution in [0.2, 0.25) is 24.2 Å². The molecule has 4 aliphatic rings. The fraction of sp³-hybridized carbons (Fsp3) is 1.00. The van der Waals surface area contributed by atoms with Crippen LogP contribution < -0.4 is 0 Å². The van der Waals surface area contributed by atoms with E-state index in [0.717, 1.165) is 66.7 Å². The predicted octanol–water partition coefficient (Wildman–Crippen LogP) is 7.00. The average molecular weight is 527 g/mol. The number of thioether (sulfide) groups is 2. The van der Waals surface area contributed by atoms with Crippen LogP contribution in [-0.4, -0.2) is 39.7 Å². The van der Waals surface area contributed by atoms with Gasteiger partial charge in [0.15, 0.2) is 0 Å². The molecule has 2 heterocycles. The standard InChI is InChI=1S/C20H34Br2S2Si/c1-9-11(3)19(17-15(9)13(21)7-23-17)25(5,6)20-12(4)10(2)16-14(22)8-24-18(16)20/h9-20H,7-8H2,1-6H3. The molecule has 4 fully saturated rings. The van der Waals surface area contributed by atoms with Gasteiger partial charge < -0.3 is 0 Å². The summed E-state index contributed by atoms with van der Waals surface area (Å²) < 4.78 is 0. The van der Waals surface area contributed by atoms with Crippen LogP contribution in [0.15, 0.2) is 0 Å². The van der Waals surface area contributed by atoms with Crippen molar-refractivity contribution in [1.82, 2.24) is 0 Å². The first kappa shape index (κ1) is 20.2. The highest BCUT2D eigenvalue weighted by atomic mass is 79.9. The average Bonchev–Trinajstić information content (AvgIpc) is 3.21. The number of alkyl halides is 2. The zero-order valence-corrected chi connectivity index (χ0v) is 22.2. The van der Waals surface area contributed by atoms with E-state index in [1.165, 1.54) is 11.5 Å². The molecule has 2 saturated heterocycles. The second-order valence-electron chi connectivity index (χ2n) is 10.1. The Morgan fingerprint density at radius 2 is 1.04 bits per heavy atom. The number of rotatable bonds is 2. The van der Waals surface area contributed by atoms with Gasteiger partial charge >= 0.3 is 0 Å². The van der Waals surface area contributed by atoms with Gasteiger partial charge in [-0.15, -0.1) is 0 Å². The van der Waals surface area contributed by atoms with Crippen molar-refractivity contribution in [2.45, 2.75) is 72.0 Å². The van der Waals surface area contributed by atoms with Gasteiger partial charge in [0.2, 0.25) is 0 Å². The molecule has 0 bridgehead atoms. The molecule has 12 atom stereocenters. The summed E-state index contributed by atoms with van der Waals surface area (Å²) in [6.07, 6.45) is 0. The first-order valence-electron chi connectivity index (χ1n) is 10.2. The van der Waals surface area contributed by atoms with Crippen molar-refractivity contribution < 1.29 is 0 Å². The largest absolute Gasteiger partial charge is 0.157 e. The van der Waals surface area contributed by atoms with Gasteiger partial charge in [0.1, 0.15) is 0 Å². The van der Waals surface area contributed by atoms with Crippen molar-refractivity contribution in [2.24, 2.45) is 35.5 Å². The van der Waals surface area contributed by atoms with E-state index in [9.17, 15) is 0 Å². The van der Waals surface area contributed by atoms with Crippen molar-refractivity contribution >= 4 is 63.5 Å². The lowest BCUT2D eigenvalue weighted by molar-refractivity contribution is 0.360. The third kappa shape index (κ3) is 2.86. The Labute approximate surface area is 181 Å². The molecule has 12 unspecified atom stereocenters. The first-order chi connectivity index (χ1) is 11.7. The fourth-order valence-corrected chi connectivity index (χ4v) is 22.6. The molecule has 25 heavy (non-hydrogen) atoms. The maximum absolute atomic E-state index is 4.05. The third-order valence-corrected chi connectivity index (χ3v) is 20.4. The molecular formula is C20H34Br2S2Si. The molecule has 5 heteroatoms. The van der Waals surface area contributed by atoms with Gasteiger partial charge in [-0.05, 0) is 46.6 Å². The van der Waals surface area contributed by atoms with E-state index >= 15 is 0 Å².